The Morgan fingerprint density at radius 3 is 1.31 bits per heavy atom. The summed E-state index contributed by atoms with van der Waals surface area (Å²) < 4.78 is 14.6. The molecule has 12 aromatic rings. The van der Waals surface area contributed by atoms with Crippen LogP contribution in [0.2, 0.25) is 0 Å². The van der Waals surface area contributed by atoms with Gasteiger partial charge in [0.2, 0.25) is 0 Å². The zero-order valence-corrected chi connectivity index (χ0v) is 43.7. The summed E-state index contributed by atoms with van der Waals surface area (Å²) in [5, 5.41) is 12.4. The number of furan rings is 2. The van der Waals surface area contributed by atoms with Gasteiger partial charge in [-0.05, 0) is 161 Å². The average molecular weight is 965 g/mol. The molecule has 14 rings (SSSR count). The highest BCUT2D eigenvalue weighted by Crippen LogP contribution is 2.54. The summed E-state index contributed by atoms with van der Waals surface area (Å²) in [6, 6.07) is 59.8. The molecule has 0 amide bonds. The zero-order chi connectivity index (χ0) is 49.9. The van der Waals surface area contributed by atoms with Crippen molar-refractivity contribution in [2.45, 2.75) is 117 Å². The molecule has 4 nitrogen and oxygen atoms in total. The third-order valence-electron chi connectivity index (χ3n) is 17.4. The number of aryl methyl sites for hydroxylation is 2. The minimum Gasteiger partial charge on any atom is -0.454 e. The van der Waals surface area contributed by atoms with Gasteiger partial charge in [-0.3, -0.25) is 0 Å². The first-order valence-corrected chi connectivity index (χ1v) is 27.6. The second kappa shape index (κ2) is 17.5. The van der Waals surface area contributed by atoms with E-state index in [4.69, 9.17) is 8.83 Å². The number of anilines is 6. The molecule has 0 radical (unpaired) electrons. The number of hydrogen-bond acceptors (Lipinski definition) is 4. The second-order valence-corrected chi connectivity index (χ2v) is 22.6. The van der Waals surface area contributed by atoms with Crippen molar-refractivity contribution in [3.8, 4) is 0 Å². The van der Waals surface area contributed by atoms with Crippen LogP contribution in [0.4, 0.5) is 34.1 Å². The molecule has 0 unspecified atom stereocenters. The summed E-state index contributed by atoms with van der Waals surface area (Å²) in [6.45, 7) is 13.9. The summed E-state index contributed by atoms with van der Waals surface area (Å²) in [6.07, 6.45) is 10.0. The van der Waals surface area contributed by atoms with Crippen LogP contribution in [0, 0.1) is 13.8 Å². The second-order valence-electron chi connectivity index (χ2n) is 22.6. The van der Waals surface area contributed by atoms with Crippen LogP contribution in [0.15, 0.2) is 167 Å². The Labute approximate surface area is 434 Å². The van der Waals surface area contributed by atoms with Crippen molar-refractivity contribution >= 4 is 110 Å². The Morgan fingerprint density at radius 1 is 0.378 bits per heavy atom. The third-order valence-corrected chi connectivity index (χ3v) is 17.4. The quantitative estimate of drug-likeness (QED) is 0.128. The number of fused-ring (bicyclic) bond motifs is 6. The Balaban J connectivity index is 1.07. The van der Waals surface area contributed by atoms with Gasteiger partial charge in [-0.1, -0.05) is 169 Å². The van der Waals surface area contributed by atoms with Crippen molar-refractivity contribution in [3.63, 3.8) is 0 Å². The predicted molar refractivity (Wildman–Crippen MR) is 314 cm³/mol. The minimum atomic E-state index is 0.251. The highest BCUT2D eigenvalue weighted by atomic mass is 16.3. The first kappa shape index (κ1) is 45.1. The van der Waals surface area contributed by atoms with Crippen molar-refractivity contribution in [2.24, 2.45) is 0 Å². The van der Waals surface area contributed by atoms with Gasteiger partial charge >= 0.3 is 0 Å². The first-order chi connectivity index (χ1) is 36.2. The lowest BCUT2D eigenvalue weighted by Crippen LogP contribution is -2.14. The van der Waals surface area contributed by atoms with Crippen molar-refractivity contribution in [3.05, 3.63) is 191 Å². The zero-order valence-electron chi connectivity index (χ0n) is 43.7. The van der Waals surface area contributed by atoms with Crippen molar-refractivity contribution in [2.75, 3.05) is 9.80 Å². The van der Waals surface area contributed by atoms with E-state index in [1.54, 1.807) is 0 Å². The van der Waals surface area contributed by atoms with Gasteiger partial charge in [0, 0.05) is 43.7 Å². The van der Waals surface area contributed by atoms with Gasteiger partial charge in [0.1, 0.15) is 11.2 Å². The Bertz CT molecular complexity index is 4160. The molecule has 0 bridgehead atoms. The van der Waals surface area contributed by atoms with E-state index < -0.39 is 0 Å². The Morgan fingerprint density at radius 2 is 0.811 bits per heavy atom. The van der Waals surface area contributed by atoms with Crippen molar-refractivity contribution in [1.82, 2.24) is 0 Å². The molecule has 2 saturated carbocycles. The van der Waals surface area contributed by atoms with E-state index in [9.17, 15) is 0 Å². The molecular weight excluding hydrogens is 901 g/mol. The molecule has 2 aromatic heterocycles. The van der Waals surface area contributed by atoms with Crippen LogP contribution < -0.4 is 9.80 Å². The van der Waals surface area contributed by atoms with Crippen LogP contribution in [-0.2, 0) is 0 Å². The van der Waals surface area contributed by atoms with Gasteiger partial charge in [0.25, 0.3) is 0 Å². The van der Waals surface area contributed by atoms with Crippen LogP contribution in [0.5, 0.6) is 0 Å². The number of nitrogens with zero attached hydrogens (tertiary/aromatic N) is 2. The number of rotatable bonds is 10. The van der Waals surface area contributed by atoms with E-state index in [1.807, 2.05) is 0 Å². The summed E-state index contributed by atoms with van der Waals surface area (Å²) in [5.74, 6) is 1.57. The van der Waals surface area contributed by atoms with Crippen LogP contribution in [0.3, 0.4) is 0 Å². The lowest BCUT2D eigenvalue weighted by molar-refractivity contribution is 0.643. The normalized spacial score (nSPS) is 14.9. The number of benzene rings is 10. The van der Waals surface area contributed by atoms with Crippen molar-refractivity contribution in [1.29, 1.82) is 0 Å². The van der Waals surface area contributed by atoms with Gasteiger partial charge in [-0.15, -0.1) is 0 Å². The maximum atomic E-state index is 7.30. The van der Waals surface area contributed by atoms with Gasteiger partial charge in [-0.2, -0.15) is 0 Å². The van der Waals surface area contributed by atoms with Crippen LogP contribution in [-0.4, -0.2) is 0 Å². The molecule has 2 aliphatic rings. The molecule has 366 valence electrons. The van der Waals surface area contributed by atoms with Gasteiger partial charge in [0.15, 0.2) is 11.2 Å². The summed E-state index contributed by atoms with van der Waals surface area (Å²) in [7, 11) is 0. The standard InChI is InChI=1S/C70H64N2O2/c1-41(2)58-39-63(71(47-24-13-18-43(5)38-47)61-32-16-29-54-52-27-14-25-48(45-20-8-9-21-45)67(52)73-69(54)61)56-36-34-51-59(42(3)4)40-64(57-37-35-50(58)65(56)66(51)57)72(60-31-12-7-19-44(60)6)62-33-17-30-55-53-28-15-26-49(46-22-10-11-23-46)68(53)74-70(55)62/h7,12-19,24-42,45-46H,8-11,20-23H2,1-6H3. The van der Waals surface area contributed by atoms with E-state index in [2.05, 4.69) is 209 Å². The van der Waals surface area contributed by atoms with E-state index in [-0.39, 0.29) is 11.8 Å². The molecule has 0 spiro atoms. The van der Waals surface area contributed by atoms with Crippen LogP contribution >= 0.6 is 0 Å². The van der Waals surface area contributed by atoms with E-state index in [1.165, 1.54) is 128 Å². The SMILES string of the molecule is Cc1cccc(N(c2cc(C(C)C)c3ccc4c(N(c5ccccc5C)c5cccc6c5oc5c(C7CCCC7)cccc56)cc(C(C)C)c5ccc2c3c54)c2cccc3c2oc2c(C4CCCC4)cccc23)c1. The van der Waals surface area contributed by atoms with Crippen molar-refractivity contribution < 1.29 is 8.83 Å². The lowest BCUT2D eigenvalue weighted by Gasteiger charge is -2.32. The Hall–Kier alpha value is -7.56. The molecule has 0 saturated heterocycles. The monoisotopic (exact) mass is 964 g/mol. The topological polar surface area (TPSA) is 32.8 Å². The Kier molecular flexibility index (Phi) is 10.7. The van der Waals surface area contributed by atoms with E-state index >= 15 is 0 Å². The molecule has 0 atom stereocenters. The molecular formula is C70H64N2O2. The first-order valence-electron chi connectivity index (χ1n) is 27.6. The van der Waals surface area contributed by atoms with Gasteiger partial charge in [-0.25, -0.2) is 0 Å². The fourth-order valence-electron chi connectivity index (χ4n) is 13.8. The highest BCUT2D eigenvalue weighted by Gasteiger charge is 2.31. The fraction of sp³-hybridized carbons (Fsp3) is 0.257. The lowest BCUT2D eigenvalue weighted by atomic mass is 9.84. The summed E-state index contributed by atoms with van der Waals surface area (Å²) in [5.41, 5.74) is 18.4. The predicted octanol–water partition coefficient (Wildman–Crippen LogP) is 21.5. The maximum Gasteiger partial charge on any atom is 0.159 e. The number of para-hydroxylation sites is 5. The third kappa shape index (κ3) is 6.93. The molecule has 2 fully saturated rings. The molecule has 74 heavy (non-hydrogen) atoms. The van der Waals surface area contributed by atoms with Gasteiger partial charge < -0.3 is 18.6 Å². The molecule has 0 aliphatic heterocycles. The smallest absolute Gasteiger partial charge is 0.159 e. The fourth-order valence-corrected chi connectivity index (χ4v) is 13.8. The maximum absolute atomic E-state index is 7.30. The largest absolute Gasteiger partial charge is 0.454 e. The molecule has 10 aromatic carbocycles. The molecule has 4 heteroatoms. The summed E-state index contributed by atoms with van der Waals surface area (Å²) >= 11 is 0. The van der Waals surface area contributed by atoms with Crippen LogP contribution in [0.1, 0.15) is 136 Å². The highest BCUT2D eigenvalue weighted by molar-refractivity contribution is 6.30. The minimum absolute atomic E-state index is 0.251. The average Bonchev–Trinajstić information content (AvgIpc) is 4.27. The molecule has 2 aliphatic carbocycles. The van der Waals surface area contributed by atoms with Gasteiger partial charge in [0.05, 0.1) is 22.7 Å². The van der Waals surface area contributed by atoms with E-state index in [0.29, 0.717) is 11.8 Å². The number of hydrogen-bond donors (Lipinski definition) is 0. The molecule has 0 N–H and O–H groups in total. The molecule has 2 heterocycles. The van der Waals surface area contributed by atoms with Crippen LogP contribution in [0.25, 0.3) is 76.2 Å². The van der Waals surface area contributed by atoms with E-state index in [0.717, 1.165) is 67.2 Å². The summed E-state index contributed by atoms with van der Waals surface area (Å²) in [4.78, 5) is 5.04.